The van der Waals surface area contributed by atoms with E-state index in [0.29, 0.717) is 12.1 Å². The Morgan fingerprint density at radius 1 is 1.31 bits per heavy atom. The molecule has 0 bridgehead atoms. The van der Waals surface area contributed by atoms with Crippen LogP contribution in [0.15, 0.2) is 24.3 Å². The van der Waals surface area contributed by atoms with Crippen LogP contribution in [0, 0.1) is 0 Å². The first-order valence-electron chi connectivity index (χ1n) is 8.97. The molecule has 0 aliphatic carbocycles. The van der Waals surface area contributed by atoms with Gasteiger partial charge in [0, 0.05) is 12.1 Å². The first-order chi connectivity index (χ1) is 12.4. The van der Waals surface area contributed by atoms with Gasteiger partial charge in [-0.05, 0) is 31.9 Å². The van der Waals surface area contributed by atoms with Crippen molar-refractivity contribution in [2.45, 2.75) is 58.2 Å². The predicted octanol–water partition coefficient (Wildman–Crippen LogP) is 1.74. The summed E-state index contributed by atoms with van der Waals surface area (Å²) in [6.07, 6.45) is 1.57. The summed E-state index contributed by atoms with van der Waals surface area (Å²) in [5.74, 6) is -1.81. The second kappa shape index (κ2) is 8.80. The molecular weight excluding hydrogens is 336 g/mol. The van der Waals surface area contributed by atoms with Gasteiger partial charge in [0.25, 0.3) is 0 Å². The van der Waals surface area contributed by atoms with E-state index in [1.165, 1.54) is 4.90 Å². The number of esters is 1. The Morgan fingerprint density at radius 2 is 2.00 bits per heavy atom. The van der Waals surface area contributed by atoms with E-state index in [9.17, 15) is 19.5 Å². The van der Waals surface area contributed by atoms with Crippen molar-refractivity contribution in [3.05, 3.63) is 29.8 Å². The number of rotatable bonds is 8. The summed E-state index contributed by atoms with van der Waals surface area (Å²) in [6, 6.07) is 4.93. The number of carboxylic acids is 1. The van der Waals surface area contributed by atoms with Crippen molar-refractivity contribution in [3.8, 4) is 0 Å². The lowest BCUT2D eigenvalue weighted by atomic mass is 10.1. The molecule has 0 aromatic heterocycles. The number of fused-ring (bicyclic) bond motifs is 1. The molecule has 1 aliphatic rings. The molecule has 1 aliphatic heterocycles. The van der Waals surface area contributed by atoms with Crippen LogP contribution in [0.4, 0.5) is 5.69 Å². The van der Waals surface area contributed by atoms with E-state index >= 15 is 0 Å². The minimum atomic E-state index is -1.04. The maximum absolute atomic E-state index is 13.0. The molecular formula is C19H26N2O5. The van der Waals surface area contributed by atoms with E-state index < -0.39 is 30.1 Å². The number of carbonyl (C=O) groups is 3. The van der Waals surface area contributed by atoms with E-state index in [1.54, 1.807) is 26.0 Å². The highest BCUT2D eigenvalue weighted by Crippen LogP contribution is 2.32. The molecule has 2 rings (SSSR count). The van der Waals surface area contributed by atoms with Gasteiger partial charge in [0.05, 0.1) is 12.6 Å². The molecule has 0 unspecified atom stereocenters. The Bertz CT molecular complexity index is 676. The van der Waals surface area contributed by atoms with Crippen LogP contribution >= 0.6 is 0 Å². The maximum Gasteiger partial charge on any atom is 0.327 e. The zero-order valence-electron chi connectivity index (χ0n) is 15.4. The normalized spacial score (nSPS) is 18.1. The van der Waals surface area contributed by atoms with Crippen LogP contribution in [0.2, 0.25) is 0 Å². The van der Waals surface area contributed by atoms with Crippen LogP contribution in [-0.4, -0.2) is 47.7 Å². The summed E-state index contributed by atoms with van der Waals surface area (Å²) in [4.78, 5) is 38.0. The van der Waals surface area contributed by atoms with Crippen molar-refractivity contribution in [3.63, 3.8) is 0 Å². The first kappa shape index (κ1) is 19.9. The monoisotopic (exact) mass is 362 g/mol. The summed E-state index contributed by atoms with van der Waals surface area (Å²) >= 11 is 0. The standard InChI is InChI=1S/C19H26N2O5/c1-4-8-14(19(25)26-5-2)20-12(3)17(22)21-15-10-7-6-9-13(15)11-16(21)18(23)24/h6-7,9-10,12,14,16,20H,4-5,8,11H2,1-3H3,(H,23,24)/t12-,14-,16-/m0/s1. The third kappa shape index (κ3) is 4.22. The largest absolute Gasteiger partial charge is 0.480 e. The summed E-state index contributed by atoms with van der Waals surface area (Å²) in [5.41, 5.74) is 1.44. The molecule has 0 saturated carbocycles. The number of hydrogen-bond donors (Lipinski definition) is 2. The van der Waals surface area contributed by atoms with E-state index in [4.69, 9.17) is 4.74 Å². The number of anilines is 1. The fourth-order valence-electron chi connectivity index (χ4n) is 3.24. The van der Waals surface area contributed by atoms with E-state index in [1.807, 2.05) is 19.1 Å². The molecule has 1 aromatic rings. The molecule has 1 amide bonds. The molecule has 7 nitrogen and oxygen atoms in total. The zero-order valence-corrected chi connectivity index (χ0v) is 15.4. The quantitative estimate of drug-likeness (QED) is 0.684. The Balaban J connectivity index is 2.19. The number of ether oxygens (including phenoxy) is 1. The third-order valence-corrected chi connectivity index (χ3v) is 4.47. The molecule has 0 spiro atoms. The number of amides is 1. The van der Waals surface area contributed by atoms with Gasteiger partial charge in [-0.3, -0.25) is 19.8 Å². The maximum atomic E-state index is 13.0. The number of hydrogen-bond acceptors (Lipinski definition) is 5. The van der Waals surface area contributed by atoms with Crippen molar-refractivity contribution in [2.75, 3.05) is 11.5 Å². The fourth-order valence-corrected chi connectivity index (χ4v) is 3.24. The van der Waals surface area contributed by atoms with Crippen molar-refractivity contribution >= 4 is 23.5 Å². The van der Waals surface area contributed by atoms with Gasteiger partial charge in [-0.25, -0.2) is 4.79 Å². The van der Waals surface area contributed by atoms with E-state index in [2.05, 4.69) is 5.32 Å². The zero-order chi connectivity index (χ0) is 19.3. The topological polar surface area (TPSA) is 95.9 Å². The molecule has 26 heavy (non-hydrogen) atoms. The number of nitrogens with one attached hydrogen (secondary N) is 1. The van der Waals surface area contributed by atoms with Crippen molar-refractivity contribution in [1.29, 1.82) is 0 Å². The minimum Gasteiger partial charge on any atom is -0.480 e. The Morgan fingerprint density at radius 3 is 2.62 bits per heavy atom. The number of benzene rings is 1. The Kier molecular flexibility index (Phi) is 6.74. The van der Waals surface area contributed by atoms with Crippen LogP contribution in [0.1, 0.15) is 39.2 Å². The molecule has 2 N–H and O–H groups in total. The highest BCUT2D eigenvalue weighted by molar-refractivity contribution is 6.04. The molecule has 1 heterocycles. The molecule has 1 aromatic carbocycles. The molecule has 0 saturated heterocycles. The van der Waals surface area contributed by atoms with Gasteiger partial charge in [-0.2, -0.15) is 0 Å². The fraction of sp³-hybridized carbons (Fsp3) is 0.526. The van der Waals surface area contributed by atoms with Crippen molar-refractivity contribution in [2.24, 2.45) is 0 Å². The van der Waals surface area contributed by atoms with E-state index in [0.717, 1.165) is 12.0 Å². The van der Waals surface area contributed by atoms with Crippen LogP contribution in [0.25, 0.3) is 0 Å². The molecule has 142 valence electrons. The summed E-state index contributed by atoms with van der Waals surface area (Å²) in [6.45, 7) is 5.58. The number of nitrogens with zero attached hydrogens (tertiary/aromatic N) is 1. The van der Waals surface area contributed by atoms with Crippen LogP contribution in [0.3, 0.4) is 0 Å². The van der Waals surface area contributed by atoms with Crippen LogP contribution < -0.4 is 10.2 Å². The number of carboxylic acid groups (broad SMARTS) is 1. The average Bonchev–Trinajstić information content (AvgIpc) is 3.00. The minimum absolute atomic E-state index is 0.268. The Hall–Kier alpha value is -2.41. The van der Waals surface area contributed by atoms with Crippen LogP contribution in [0.5, 0.6) is 0 Å². The molecule has 3 atom stereocenters. The second-order valence-corrected chi connectivity index (χ2v) is 6.38. The van der Waals surface area contributed by atoms with Gasteiger partial charge in [0.2, 0.25) is 5.91 Å². The summed E-state index contributed by atoms with van der Waals surface area (Å²) < 4.78 is 5.06. The van der Waals surface area contributed by atoms with Gasteiger partial charge in [-0.1, -0.05) is 31.5 Å². The highest BCUT2D eigenvalue weighted by Gasteiger charge is 2.40. The molecule has 0 radical (unpaired) electrons. The summed E-state index contributed by atoms with van der Waals surface area (Å²) in [5, 5.41) is 12.5. The SMILES string of the molecule is CCC[C@H](N[C@@H](C)C(=O)N1c2ccccc2C[C@H]1C(=O)O)C(=O)OCC. The summed E-state index contributed by atoms with van der Waals surface area (Å²) in [7, 11) is 0. The second-order valence-electron chi connectivity index (χ2n) is 6.38. The predicted molar refractivity (Wildman–Crippen MR) is 97.0 cm³/mol. The highest BCUT2D eigenvalue weighted by atomic mass is 16.5. The van der Waals surface area contributed by atoms with Gasteiger partial charge in [0.15, 0.2) is 0 Å². The van der Waals surface area contributed by atoms with Gasteiger partial charge in [0.1, 0.15) is 12.1 Å². The third-order valence-electron chi connectivity index (χ3n) is 4.47. The van der Waals surface area contributed by atoms with Crippen LogP contribution in [-0.2, 0) is 25.5 Å². The Labute approximate surface area is 153 Å². The number of para-hydroxylation sites is 1. The van der Waals surface area contributed by atoms with Gasteiger partial charge in [-0.15, -0.1) is 0 Å². The van der Waals surface area contributed by atoms with Crippen molar-refractivity contribution in [1.82, 2.24) is 5.32 Å². The lowest BCUT2D eigenvalue weighted by Crippen LogP contribution is -2.54. The van der Waals surface area contributed by atoms with Crippen molar-refractivity contribution < 1.29 is 24.2 Å². The lowest BCUT2D eigenvalue weighted by Gasteiger charge is -2.28. The van der Waals surface area contributed by atoms with E-state index in [-0.39, 0.29) is 18.9 Å². The molecule has 0 fully saturated rings. The first-order valence-corrected chi connectivity index (χ1v) is 8.97. The van der Waals surface area contributed by atoms with Gasteiger partial charge >= 0.3 is 11.9 Å². The number of aliphatic carboxylic acids is 1. The van der Waals surface area contributed by atoms with Gasteiger partial charge < -0.3 is 9.84 Å². The molecule has 7 heteroatoms. The average molecular weight is 362 g/mol. The lowest BCUT2D eigenvalue weighted by molar-refractivity contribution is -0.146. The number of carbonyl (C=O) groups excluding carboxylic acids is 2. The smallest absolute Gasteiger partial charge is 0.327 e.